The van der Waals surface area contributed by atoms with Crippen molar-refractivity contribution < 1.29 is 4.74 Å². The smallest absolute Gasteiger partial charge is 0.0866 e. The minimum atomic E-state index is 0.581. The Morgan fingerprint density at radius 3 is 1.94 bits per heavy atom. The zero-order valence-corrected chi connectivity index (χ0v) is 10.5. The first kappa shape index (κ1) is 12.8. The summed E-state index contributed by atoms with van der Waals surface area (Å²) in [5.41, 5.74) is 0. The molecular weight excluding hydrogens is 216 g/mol. The number of morpholine rings is 1. The average molecular weight is 238 g/mol. The monoisotopic (exact) mass is 238 g/mol. The maximum Gasteiger partial charge on any atom is 0.0866 e. The molecule has 2 aliphatic heterocycles. The Labute approximate surface area is 104 Å². The first-order chi connectivity index (χ1) is 8.38. The fourth-order valence-corrected chi connectivity index (χ4v) is 2.38. The van der Waals surface area contributed by atoms with Crippen molar-refractivity contribution in [1.82, 2.24) is 14.7 Å². The van der Waals surface area contributed by atoms with Gasteiger partial charge in [-0.05, 0) is 0 Å². The molecular formula is C12H22N4O. The minimum Gasteiger partial charge on any atom is -0.379 e. The Hall–Kier alpha value is -0.670. The number of rotatable bonds is 4. The quantitative estimate of drug-likeness (QED) is 0.615. The number of nitriles is 1. The van der Waals surface area contributed by atoms with Gasteiger partial charge in [-0.25, -0.2) is 0 Å². The molecule has 96 valence electrons. The van der Waals surface area contributed by atoms with Crippen molar-refractivity contribution in [2.75, 3.05) is 72.1 Å². The van der Waals surface area contributed by atoms with Gasteiger partial charge in [0.1, 0.15) is 0 Å². The first-order valence-corrected chi connectivity index (χ1v) is 6.50. The molecule has 0 bridgehead atoms. The Kier molecular flexibility index (Phi) is 5.20. The summed E-state index contributed by atoms with van der Waals surface area (Å²) in [5.74, 6) is 0. The van der Waals surface area contributed by atoms with Gasteiger partial charge in [-0.1, -0.05) is 0 Å². The van der Waals surface area contributed by atoms with E-state index in [9.17, 15) is 0 Å². The summed E-state index contributed by atoms with van der Waals surface area (Å²) in [6, 6.07) is 2.22. The van der Waals surface area contributed by atoms with Gasteiger partial charge >= 0.3 is 0 Å². The normalized spacial score (nSPS) is 24.6. The SMILES string of the molecule is N#CCN1CCN(CCN2CCOCC2)CC1. The standard InChI is InChI=1S/C12H22N4O/c13-1-2-14-3-5-15(6-4-14)7-8-16-9-11-17-12-10-16/h2-12H2. The van der Waals surface area contributed by atoms with Crippen molar-refractivity contribution in [2.45, 2.75) is 0 Å². The molecule has 0 spiro atoms. The summed E-state index contributed by atoms with van der Waals surface area (Å²) >= 11 is 0. The third-order valence-electron chi connectivity index (χ3n) is 3.60. The van der Waals surface area contributed by atoms with Crippen LogP contribution < -0.4 is 0 Å². The third-order valence-corrected chi connectivity index (χ3v) is 3.60. The molecule has 2 aliphatic rings. The van der Waals surface area contributed by atoms with Crippen molar-refractivity contribution in [3.63, 3.8) is 0 Å². The fourth-order valence-electron chi connectivity index (χ4n) is 2.38. The predicted octanol–water partition coefficient (Wildman–Crippen LogP) is -0.540. The lowest BCUT2D eigenvalue weighted by atomic mass is 10.3. The van der Waals surface area contributed by atoms with E-state index in [-0.39, 0.29) is 0 Å². The van der Waals surface area contributed by atoms with Crippen molar-refractivity contribution in [3.05, 3.63) is 0 Å². The molecule has 2 heterocycles. The molecule has 0 aromatic heterocycles. The Morgan fingerprint density at radius 2 is 1.35 bits per heavy atom. The third kappa shape index (κ3) is 4.25. The van der Waals surface area contributed by atoms with Crippen LogP contribution in [0.15, 0.2) is 0 Å². The highest BCUT2D eigenvalue weighted by Gasteiger charge is 2.17. The van der Waals surface area contributed by atoms with Gasteiger partial charge < -0.3 is 4.74 Å². The number of hydrogen-bond donors (Lipinski definition) is 0. The predicted molar refractivity (Wildman–Crippen MR) is 65.8 cm³/mol. The lowest BCUT2D eigenvalue weighted by molar-refractivity contribution is 0.0303. The van der Waals surface area contributed by atoms with Crippen molar-refractivity contribution in [1.29, 1.82) is 5.26 Å². The molecule has 0 saturated carbocycles. The van der Waals surface area contributed by atoms with E-state index < -0.39 is 0 Å². The second-order valence-electron chi connectivity index (χ2n) is 4.73. The number of nitrogens with zero attached hydrogens (tertiary/aromatic N) is 4. The van der Waals surface area contributed by atoms with Crippen LogP contribution in [0.2, 0.25) is 0 Å². The fraction of sp³-hybridized carbons (Fsp3) is 0.917. The Balaban J connectivity index is 1.59. The molecule has 5 nitrogen and oxygen atoms in total. The van der Waals surface area contributed by atoms with Crippen LogP contribution in [0.25, 0.3) is 0 Å². The number of piperazine rings is 1. The van der Waals surface area contributed by atoms with Crippen LogP contribution in [0.5, 0.6) is 0 Å². The molecule has 0 aliphatic carbocycles. The van der Waals surface area contributed by atoms with Gasteiger partial charge in [-0.3, -0.25) is 14.7 Å². The van der Waals surface area contributed by atoms with Gasteiger partial charge in [0.15, 0.2) is 0 Å². The van der Waals surface area contributed by atoms with Gasteiger partial charge in [-0.15, -0.1) is 0 Å². The highest BCUT2D eigenvalue weighted by atomic mass is 16.5. The van der Waals surface area contributed by atoms with E-state index in [0.717, 1.165) is 65.6 Å². The summed E-state index contributed by atoms with van der Waals surface area (Å²) in [6.45, 7) is 11.1. The van der Waals surface area contributed by atoms with E-state index in [0.29, 0.717) is 6.54 Å². The minimum absolute atomic E-state index is 0.581. The first-order valence-electron chi connectivity index (χ1n) is 6.50. The van der Waals surface area contributed by atoms with Crippen LogP contribution in [-0.4, -0.2) is 86.8 Å². The van der Waals surface area contributed by atoms with Crippen LogP contribution in [0.1, 0.15) is 0 Å². The highest BCUT2D eigenvalue weighted by Crippen LogP contribution is 2.02. The van der Waals surface area contributed by atoms with Crippen molar-refractivity contribution >= 4 is 0 Å². The van der Waals surface area contributed by atoms with Gasteiger partial charge in [0, 0.05) is 52.4 Å². The molecule has 2 rings (SSSR count). The zero-order valence-electron chi connectivity index (χ0n) is 10.5. The second-order valence-corrected chi connectivity index (χ2v) is 4.73. The lowest BCUT2D eigenvalue weighted by Gasteiger charge is -2.35. The highest BCUT2D eigenvalue weighted by molar-refractivity contribution is 4.81. The van der Waals surface area contributed by atoms with Crippen LogP contribution >= 0.6 is 0 Å². The second kappa shape index (κ2) is 6.92. The maximum absolute atomic E-state index is 8.63. The number of ether oxygens (including phenoxy) is 1. The Bertz CT molecular complexity index is 252. The summed E-state index contributed by atoms with van der Waals surface area (Å²) in [7, 11) is 0. The van der Waals surface area contributed by atoms with Crippen molar-refractivity contribution in [3.8, 4) is 6.07 Å². The van der Waals surface area contributed by atoms with Crippen LogP contribution in [0, 0.1) is 11.3 Å². The molecule has 5 heteroatoms. The van der Waals surface area contributed by atoms with E-state index in [1.807, 2.05) is 0 Å². The number of hydrogen-bond acceptors (Lipinski definition) is 5. The molecule has 17 heavy (non-hydrogen) atoms. The van der Waals surface area contributed by atoms with Crippen LogP contribution in [-0.2, 0) is 4.74 Å². The van der Waals surface area contributed by atoms with Gasteiger partial charge in [0.25, 0.3) is 0 Å². The average Bonchev–Trinajstić information content (AvgIpc) is 2.40. The summed E-state index contributed by atoms with van der Waals surface area (Å²) < 4.78 is 5.34. The van der Waals surface area contributed by atoms with Gasteiger partial charge in [0.2, 0.25) is 0 Å². The largest absolute Gasteiger partial charge is 0.379 e. The molecule has 0 atom stereocenters. The Morgan fingerprint density at radius 1 is 0.824 bits per heavy atom. The van der Waals surface area contributed by atoms with E-state index in [4.69, 9.17) is 10.00 Å². The lowest BCUT2D eigenvalue weighted by Crippen LogP contribution is -2.49. The molecule has 0 aromatic rings. The van der Waals surface area contributed by atoms with E-state index in [1.165, 1.54) is 0 Å². The van der Waals surface area contributed by atoms with Crippen molar-refractivity contribution in [2.24, 2.45) is 0 Å². The molecule has 2 saturated heterocycles. The molecule has 0 aromatic carbocycles. The molecule has 0 radical (unpaired) electrons. The van der Waals surface area contributed by atoms with Gasteiger partial charge in [0.05, 0.1) is 25.8 Å². The summed E-state index contributed by atoms with van der Waals surface area (Å²) in [4.78, 5) is 7.21. The molecule has 0 N–H and O–H groups in total. The topological polar surface area (TPSA) is 42.7 Å². The van der Waals surface area contributed by atoms with E-state index >= 15 is 0 Å². The van der Waals surface area contributed by atoms with E-state index in [2.05, 4.69) is 20.8 Å². The maximum atomic E-state index is 8.63. The van der Waals surface area contributed by atoms with Crippen LogP contribution in [0.4, 0.5) is 0 Å². The zero-order chi connectivity index (χ0) is 11.9. The summed E-state index contributed by atoms with van der Waals surface area (Å²) in [5, 5.41) is 8.63. The van der Waals surface area contributed by atoms with E-state index in [1.54, 1.807) is 0 Å². The van der Waals surface area contributed by atoms with Gasteiger partial charge in [-0.2, -0.15) is 5.26 Å². The molecule has 0 unspecified atom stereocenters. The summed E-state index contributed by atoms with van der Waals surface area (Å²) in [6.07, 6.45) is 0. The molecule has 0 amide bonds. The van der Waals surface area contributed by atoms with Crippen LogP contribution in [0.3, 0.4) is 0 Å². The molecule has 2 fully saturated rings.